The van der Waals surface area contributed by atoms with Crippen LogP contribution in [0.15, 0.2) is 30.3 Å². The van der Waals surface area contributed by atoms with Crippen molar-refractivity contribution in [2.45, 2.75) is 42.5 Å². The van der Waals surface area contributed by atoms with Gasteiger partial charge in [-0.1, -0.05) is 30.3 Å². The topological polar surface area (TPSA) is 126 Å². The van der Waals surface area contributed by atoms with E-state index in [-0.39, 0.29) is 29.8 Å². The predicted molar refractivity (Wildman–Crippen MR) is 89.2 cm³/mol. The summed E-state index contributed by atoms with van der Waals surface area (Å²) in [5.74, 6) is -1.86. The number of aliphatic carboxylic acids is 1. The number of thioether (sulfide) groups is 1. The molecule has 5 N–H and O–H groups in total. The lowest BCUT2D eigenvalue weighted by Gasteiger charge is -2.45. The maximum absolute atomic E-state index is 12.2. The number of hydrogen-bond donors (Lipinski definition) is 2. The van der Waals surface area contributed by atoms with Crippen molar-refractivity contribution in [3.05, 3.63) is 35.9 Å². The van der Waals surface area contributed by atoms with Gasteiger partial charge in [0.2, 0.25) is 11.8 Å². The number of nitrogens with zero attached hydrogens (tertiary/aromatic N) is 1. The van der Waals surface area contributed by atoms with Gasteiger partial charge in [-0.2, -0.15) is 0 Å². The van der Waals surface area contributed by atoms with Crippen molar-refractivity contribution in [2.24, 2.45) is 0 Å². The van der Waals surface area contributed by atoms with E-state index >= 15 is 0 Å². The number of benzene rings is 1. The van der Waals surface area contributed by atoms with Crippen molar-refractivity contribution >= 4 is 29.5 Å². The second-order valence-corrected chi connectivity index (χ2v) is 8.06. The van der Waals surface area contributed by atoms with Crippen LogP contribution >= 0.6 is 11.8 Å². The van der Waals surface area contributed by atoms with E-state index in [4.69, 9.17) is 0 Å². The molecule has 130 valence electrons. The molecule has 8 heteroatoms. The number of quaternary nitrogens is 1. The van der Waals surface area contributed by atoms with E-state index in [0.717, 1.165) is 5.56 Å². The van der Waals surface area contributed by atoms with Gasteiger partial charge in [-0.3, -0.25) is 9.59 Å². The van der Waals surface area contributed by atoms with Gasteiger partial charge < -0.3 is 26.3 Å². The van der Waals surface area contributed by atoms with Crippen molar-refractivity contribution < 1.29 is 19.5 Å². The van der Waals surface area contributed by atoms with Crippen molar-refractivity contribution in [3.63, 3.8) is 0 Å². The van der Waals surface area contributed by atoms with E-state index in [2.05, 4.69) is 5.32 Å². The van der Waals surface area contributed by atoms with E-state index in [0.29, 0.717) is 0 Å². The molecule has 2 amide bonds. The average Bonchev–Trinajstić information content (AvgIpc) is 2.74. The molecule has 1 aromatic rings. The molecule has 2 fully saturated rings. The van der Waals surface area contributed by atoms with E-state index in [9.17, 15) is 19.5 Å². The van der Waals surface area contributed by atoms with Gasteiger partial charge in [0.05, 0.1) is 18.4 Å². The zero-order valence-electron chi connectivity index (χ0n) is 13.8. The maximum Gasteiger partial charge on any atom is 0.249 e. The summed E-state index contributed by atoms with van der Waals surface area (Å²) in [6.07, 6.45) is 0.190. The summed E-state index contributed by atoms with van der Waals surface area (Å²) >= 11 is 1.38. The molecule has 24 heavy (non-hydrogen) atoms. The van der Waals surface area contributed by atoms with Crippen LogP contribution in [-0.2, 0) is 20.8 Å². The molecule has 0 aliphatic carbocycles. The number of fused-ring (bicyclic) bond motifs is 1. The molecule has 2 saturated heterocycles. The van der Waals surface area contributed by atoms with E-state index < -0.39 is 22.8 Å². The Bertz CT molecular complexity index is 665. The smallest absolute Gasteiger partial charge is 0.249 e. The fourth-order valence-corrected chi connectivity index (χ4v) is 4.75. The first-order chi connectivity index (χ1) is 10.8. The molecule has 7 nitrogen and oxygen atoms in total. The van der Waals surface area contributed by atoms with Gasteiger partial charge in [0, 0.05) is 4.75 Å². The molecule has 3 atom stereocenters. The van der Waals surface area contributed by atoms with Crippen LogP contribution in [0.5, 0.6) is 0 Å². The monoisotopic (exact) mass is 351 g/mol. The quantitative estimate of drug-likeness (QED) is 0.733. The second kappa shape index (κ2) is 6.45. The van der Waals surface area contributed by atoms with Gasteiger partial charge in [-0.05, 0) is 19.4 Å². The Kier molecular flexibility index (Phi) is 4.91. The first-order valence-electron chi connectivity index (χ1n) is 7.35. The number of carbonyl (C=O) groups excluding carboxylic acids is 3. The van der Waals surface area contributed by atoms with E-state index in [1.807, 2.05) is 30.3 Å². The Hall–Kier alpha value is -2.06. The van der Waals surface area contributed by atoms with Crippen LogP contribution in [0.1, 0.15) is 19.4 Å². The minimum Gasteiger partial charge on any atom is -0.548 e. The molecular formula is C16H21N3O4S. The lowest BCUT2D eigenvalue weighted by molar-refractivity contribution is -0.312. The number of β-lactam (4-membered cyclic amide) rings is 1. The highest BCUT2D eigenvalue weighted by atomic mass is 32.2. The number of hydrogen-bond acceptors (Lipinski definition) is 5. The Morgan fingerprint density at radius 1 is 1.29 bits per heavy atom. The first-order valence-corrected chi connectivity index (χ1v) is 8.23. The number of amides is 2. The molecule has 0 bridgehead atoms. The predicted octanol–water partition coefficient (Wildman–Crippen LogP) is -0.0977. The molecule has 0 radical (unpaired) electrons. The molecule has 2 aliphatic rings. The normalized spacial score (nSPS) is 26.8. The molecular weight excluding hydrogens is 330 g/mol. The zero-order chi connectivity index (χ0) is 16.8. The Balaban J connectivity index is 0.00000208. The largest absolute Gasteiger partial charge is 0.548 e. The van der Waals surface area contributed by atoms with Gasteiger partial charge in [-0.25, -0.2) is 0 Å². The van der Waals surface area contributed by atoms with Crippen molar-refractivity contribution in [3.8, 4) is 0 Å². The number of carboxylic acid groups (broad SMARTS) is 1. The van der Waals surface area contributed by atoms with Crippen LogP contribution in [0.25, 0.3) is 0 Å². The molecule has 0 spiro atoms. The summed E-state index contributed by atoms with van der Waals surface area (Å²) in [5.41, 5.74) is 0.862. The summed E-state index contributed by atoms with van der Waals surface area (Å²) in [6.45, 7) is 3.54. The summed E-state index contributed by atoms with van der Waals surface area (Å²) in [4.78, 5) is 37.0. The van der Waals surface area contributed by atoms with E-state index in [1.165, 1.54) is 16.7 Å². The summed E-state index contributed by atoms with van der Waals surface area (Å²) in [7, 11) is 0. The second-order valence-electron chi connectivity index (χ2n) is 6.29. The van der Waals surface area contributed by atoms with Gasteiger partial charge >= 0.3 is 0 Å². The number of rotatable bonds is 4. The first kappa shape index (κ1) is 18.3. The van der Waals surface area contributed by atoms with Gasteiger partial charge in [-0.15, -0.1) is 11.8 Å². The van der Waals surface area contributed by atoms with Gasteiger partial charge in [0.25, 0.3) is 0 Å². The van der Waals surface area contributed by atoms with Crippen molar-refractivity contribution in [1.29, 1.82) is 0 Å². The number of carbonyl (C=O) groups is 3. The lowest BCUT2D eigenvalue weighted by atomic mass is 9.96. The SMILES string of the molecule is CC1(C)SC2C(NC(=O)Cc3ccccc3)C(=O)N2C1C(=O)[O-].[NH4+]. The minimum atomic E-state index is -1.26. The Morgan fingerprint density at radius 2 is 1.92 bits per heavy atom. The fraction of sp³-hybridized carbons (Fsp3) is 0.438. The van der Waals surface area contributed by atoms with Crippen LogP contribution in [-0.4, -0.2) is 44.9 Å². The van der Waals surface area contributed by atoms with Crippen molar-refractivity contribution in [1.82, 2.24) is 16.4 Å². The molecule has 0 saturated carbocycles. The van der Waals surface area contributed by atoms with Crippen LogP contribution in [0.4, 0.5) is 0 Å². The highest BCUT2D eigenvalue weighted by Crippen LogP contribution is 2.50. The standard InChI is InChI=1S/C16H18N2O4S.H3N/c1-16(2)12(15(21)22)18-13(20)11(14(18)23-16)17-10(19)8-9-6-4-3-5-7-9;/h3-7,11-12,14H,8H2,1-2H3,(H,17,19)(H,21,22);1H3. The molecule has 2 heterocycles. The zero-order valence-corrected chi connectivity index (χ0v) is 14.6. The summed E-state index contributed by atoms with van der Waals surface area (Å²) < 4.78 is -0.641. The highest BCUT2D eigenvalue weighted by molar-refractivity contribution is 8.01. The molecule has 3 rings (SSSR count). The van der Waals surface area contributed by atoms with Crippen molar-refractivity contribution in [2.75, 3.05) is 0 Å². The fourth-order valence-electron chi connectivity index (χ4n) is 3.13. The van der Waals surface area contributed by atoms with Crippen LogP contribution in [0.3, 0.4) is 0 Å². The maximum atomic E-state index is 12.2. The summed E-state index contributed by atoms with van der Waals surface area (Å²) in [6, 6.07) is 7.61. The average molecular weight is 351 g/mol. The third-order valence-electron chi connectivity index (χ3n) is 4.19. The third-order valence-corrected chi connectivity index (χ3v) is 5.76. The Morgan fingerprint density at radius 3 is 2.50 bits per heavy atom. The number of carboxylic acids is 1. The lowest BCUT2D eigenvalue weighted by Crippen LogP contribution is -2.71. The Labute approximate surface area is 144 Å². The molecule has 3 unspecified atom stereocenters. The van der Waals surface area contributed by atoms with Crippen LogP contribution < -0.4 is 16.6 Å². The van der Waals surface area contributed by atoms with Crippen LogP contribution in [0, 0.1) is 0 Å². The van der Waals surface area contributed by atoms with Gasteiger partial charge in [0.15, 0.2) is 0 Å². The van der Waals surface area contributed by atoms with Crippen LogP contribution in [0.2, 0.25) is 0 Å². The summed E-state index contributed by atoms with van der Waals surface area (Å²) in [5, 5.41) is 13.7. The number of nitrogens with one attached hydrogen (secondary N) is 1. The molecule has 2 aliphatic heterocycles. The molecule has 1 aromatic carbocycles. The van der Waals surface area contributed by atoms with Gasteiger partial charge in [0.1, 0.15) is 11.4 Å². The minimum absolute atomic E-state index is 0. The molecule has 0 aromatic heterocycles. The highest BCUT2D eigenvalue weighted by Gasteiger charge is 2.62. The van der Waals surface area contributed by atoms with E-state index in [1.54, 1.807) is 13.8 Å². The third kappa shape index (κ3) is 2.99.